The van der Waals surface area contributed by atoms with Crippen LogP contribution in [0.1, 0.15) is 0 Å². The van der Waals surface area contributed by atoms with Crippen LogP contribution in [0.25, 0.3) is 0 Å². The summed E-state index contributed by atoms with van der Waals surface area (Å²) < 4.78 is 63.1. The third-order valence-corrected chi connectivity index (χ3v) is 7.05. The number of halogens is 1. The highest BCUT2D eigenvalue weighted by Crippen LogP contribution is 2.29. The van der Waals surface area contributed by atoms with Gasteiger partial charge in [0.1, 0.15) is 0 Å². The molecule has 0 atom stereocenters. The predicted octanol–water partition coefficient (Wildman–Crippen LogP) is 2.62. The lowest BCUT2D eigenvalue weighted by molar-refractivity contribution is -0.432. The van der Waals surface area contributed by atoms with Crippen LogP contribution in [-0.2, 0) is 33.8 Å². The minimum Gasteiger partial charge on any atom is -0.398 e. The van der Waals surface area contributed by atoms with Gasteiger partial charge in [-0.15, -0.1) is 4.33 Å². The molecule has 1 aromatic heterocycles. The first kappa shape index (κ1) is 27.8. The van der Waals surface area contributed by atoms with Crippen LogP contribution in [-0.4, -0.2) is 54.0 Å². The summed E-state index contributed by atoms with van der Waals surface area (Å²) in [6.07, 6.45) is 0. The molecule has 0 bridgehead atoms. The molecule has 0 saturated heterocycles. The van der Waals surface area contributed by atoms with E-state index in [1.54, 1.807) is 12.1 Å². The van der Waals surface area contributed by atoms with Crippen molar-refractivity contribution in [1.82, 2.24) is 15.0 Å². The molecular formula is C17H17ClN6O9S3. The summed E-state index contributed by atoms with van der Waals surface area (Å²) in [4.78, 5) is 12.4. The molecule has 15 nitrogen and oxygen atoms in total. The minimum absolute atomic E-state index is 0.0182. The molecule has 0 fully saturated rings. The average molecular weight is 581 g/mol. The third-order valence-electron chi connectivity index (χ3n) is 4.06. The Bertz CT molecular complexity index is 1440. The molecule has 36 heavy (non-hydrogen) atoms. The predicted molar refractivity (Wildman–Crippen MR) is 129 cm³/mol. The van der Waals surface area contributed by atoms with Gasteiger partial charge in [-0.3, -0.25) is 4.55 Å². The molecule has 2 aromatic carbocycles. The van der Waals surface area contributed by atoms with Crippen molar-refractivity contribution in [3.8, 4) is 0 Å². The largest absolute Gasteiger partial charge is 0.398 e. The van der Waals surface area contributed by atoms with Crippen molar-refractivity contribution in [2.45, 2.75) is 9.79 Å². The van der Waals surface area contributed by atoms with Crippen molar-refractivity contribution in [1.29, 1.82) is 0 Å². The zero-order valence-corrected chi connectivity index (χ0v) is 20.9. The number of aromatic nitrogens is 3. The van der Waals surface area contributed by atoms with Crippen molar-refractivity contribution in [2.24, 2.45) is 0 Å². The second-order valence-electron chi connectivity index (χ2n) is 6.58. The lowest BCUT2D eigenvalue weighted by atomic mass is 10.3. The lowest BCUT2D eigenvalue weighted by Crippen LogP contribution is -2.15. The lowest BCUT2D eigenvalue weighted by Gasteiger charge is -2.11. The molecule has 6 N–H and O–H groups in total. The minimum atomic E-state index is -4.76. The van der Waals surface area contributed by atoms with Crippen molar-refractivity contribution >= 4 is 72.8 Å². The summed E-state index contributed by atoms with van der Waals surface area (Å²) in [6, 6.07) is 10.3. The number of sulfone groups is 1. The number of anilines is 5. The molecule has 0 aliphatic rings. The van der Waals surface area contributed by atoms with Crippen LogP contribution in [0, 0.1) is 0 Å². The summed E-state index contributed by atoms with van der Waals surface area (Å²) in [7, 11) is -8.71. The first-order chi connectivity index (χ1) is 16.9. The molecule has 0 spiro atoms. The SMILES string of the molecule is Nc1cc(Nc2nc(Cl)nc(Nc3cccc(S(=O)(=O)CCOS(=O)(=O)O)c3)n2)ccc1SOOO. The normalized spacial score (nSPS) is 11.9. The molecular weight excluding hydrogens is 564 g/mol. The van der Waals surface area contributed by atoms with Crippen molar-refractivity contribution in [3.05, 3.63) is 47.7 Å². The van der Waals surface area contributed by atoms with Gasteiger partial charge in [0, 0.05) is 17.1 Å². The molecule has 0 aliphatic carbocycles. The van der Waals surface area contributed by atoms with E-state index in [-0.39, 0.29) is 27.8 Å². The highest BCUT2D eigenvalue weighted by Gasteiger charge is 2.17. The Balaban J connectivity index is 1.74. The van der Waals surface area contributed by atoms with Gasteiger partial charge in [0.15, 0.2) is 9.84 Å². The molecule has 0 radical (unpaired) electrons. The van der Waals surface area contributed by atoms with E-state index in [9.17, 15) is 16.8 Å². The van der Waals surface area contributed by atoms with Gasteiger partial charge < -0.3 is 16.4 Å². The van der Waals surface area contributed by atoms with E-state index in [1.165, 1.54) is 30.3 Å². The van der Waals surface area contributed by atoms with Gasteiger partial charge in [-0.05, 0) is 48.0 Å². The Labute approximate surface area is 213 Å². The molecule has 0 amide bonds. The van der Waals surface area contributed by atoms with E-state index < -0.39 is 32.6 Å². The summed E-state index contributed by atoms with van der Waals surface area (Å²) in [5.41, 5.74) is 6.96. The average Bonchev–Trinajstić information content (AvgIpc) is 2.77. The Morgan fingerprint density at radius 3 is 2.28 bits per heavy atom. The van der Waals surface area contributed by atoms with Crippen LogP contribution in [0.3, 0.4) is 0 Å². The second-order valence-corrected chi connectivity index (χ2v) is 10.9. The molecule has 1 heterocycles. The Morgan fingerprint density at radius 1 is 1.00 bits per heavy atom. The summed E-state index contributed by atoms with van der Waals surface area (Å²) in [5.74, 6) is -0.671. The fraction of sp³-hybridized carbons (Fsp3) is 0.118. The highest BCUT2D eigenvalue weighted by molar-refractivity contribution is 7.94. The van der Waals surface area contributed by atoms with E-state index in [1.807, 2.05) is 0 Å². The number of benzene rings is 2. The van der Waals surface area contributed by atoms with Crippen molar-refractivity contribution < 1.29 is 40.2 Å². The van der Waals surface area contributed by atoms with E-state index >= 15 is 0 Å². The van der Waals surface area contributed by atoms with Crippen molar-refractivity contribution in [3.63, 3.8) is 0 Å². The Morgan fingerprint density at radius 2 is 1.67 bits per heavy atom. The van der Waals surface area contributed by atoms with Gasteiger partial charge in [0.25, 0.3) is 0 Å². The van der Waals surface area contributed by atoms with Gasteiger partial charge in [0.05, 0.1) is 34.2 Å². The first-order valence-electron chi connectivity index (χ1n) is 9.40. The summed E-state index contributed by atoms with van der Waals surface area (Å²) >= 11 is 6.68. The maximum absolute atomic E-state index is 12.4. The van der Waals surface area contributed by atoms with Crippen molar-refractivity contribution in [2.75, 3.05) is 28.7 Å². The zero-order valence-electron chi connectivity index (χ0n) is 17.7. The fourth-order valence-electron chi connectivity index (χ4n) is 2.61. The number of hydrogen-bond acceptors (Lipinski definition) is 15. The van der Waals surface area contributed by atoms with Crippen LogP contribution in [0.4, 0.5) is 29.0 Å². The van der Waals surface area contributed by atoms with E-state index in [4.69, 9.17) is 27.1 Å². The molecule has 0 unspecified atom stereocenters. The third kappa shape index (κ3) is 8.40. The molecule has 194 valence electrons. The highest BCUT2D eigenvalue weighted by atomic mass is 35.5. The van der Waals surface area contributed by atoms with Crippen LogP contribution in [0.2, 0.25) is 5.28 Å². The monoisotopic (exact) mass is 580 g/mol. The van der Waals surface area contributed by atoms with E-state index in [0.29, 0.717) is 28.3 Å². The zero-order chi connectivity index (χ0) is 26.3. The maximum Gasteiger partial charge on any atom is 0.397 e. The van der Waals surface area contributed by atoms with E-state index in [2.05, 4.69) is 39.1 Å². The first-order valence-corrected chi connectivity index (χ1v) is 13.5. The van der Waals surface area contributed by atoms with Crippen LogP contribution >= 0.6 is 23.6 Å². The Kier molecular flexibility index (Phi) is 9.22. The van der Waals surface area contributed by atoms with Crippen LogP contribution < -0.4 is 16.4 Å². The summed E-state index contributed by atoms with van der Waals surface area (Å²) in [5, 5.41) is 17.3. The number of nitrogens with one attached hydrogen (secondary N) is 2. The number of nitrogens with two attached hydrogens (primary N) is 1. The molecule has 0 aliphatic heterocycles. The van der Waals surface area contributed by atoms with Crippen LogP contribution in [0.5, 0.6) is 0 Å². The smallest absolute Gasteiger partial charge is 0.397 e. The van der Waals surface area contributed by atoms with Crippen LogP contribution in [0.15, 0.2) is 52.3 Å². The summed E-state index contributed by atoms with van der Waals surface area (Å²) in [6.45, 7) is -0.761. The Hall–Kier alpha value is -2.81. The molecule has 3 rings (SSSR count). The molecule has 3 aromatic rings. The number of nitrogens with zero attached hydrogens (tertiary/aromatic N) is 3. The van der Waals surface area contributed by atoms with E-state index in [0.717, 1.165) is 0 Å². The topological polar surface area (TPSA) is 225 Å². The standard InChI is InChI=1S/C17H17ClN6O9S3/c18-15-22-16(24-17(23-15)21-11-4-5-14(13(19)9-11)34-33-32-25)20-10-2-1-3-12(8-10)35(26,27)7-6-31-36(28,29)30/h1-5,8-9,25H,6-7,19H2,(H,28,29,30)(H2,20,21,22,23,24). The van der Waals surface area contributed by atoms with Gasteiger partial charge in [-0.2, -0.15) is 23.4 Å². The molecule has 19 heteroatoms. The van der Waals surface area contributed by atoms with Gasteiger partial charge in [0.2, 0.25) is 17.2 Å². The number of rotatable bonds is 12. The fourth-order valence-corrected chi connectivity index (χ4v) is 4.68. The quantitative estimate of drug-likeness (QED) is 0.0681. The number of nitrogen functional groups attached to an aromatic ring is 1. The maximum atomic E-state index is 12.4. The second kappa shape index (κ2) is 12.0. The van der Waals surface area contributed by atoms with Gasteiger partial charge in [-0.25, -0.2) is 17.9 Å². The number of hydrogen-bond donors (Lipinski definition) is 5. The van der Waals surface area contributed by atoms with Gasteiger partial charge >= 0.3 is 10.4 Å². The molecule has 0 saturated carbocycles. The van der Waals surface area contributed by atoms with Gasteiger partial charge in [-0.1, -0.05) is 11.1 Å².